The van der Waals surface area contributed by atoms with Gasteiger partial charge in [0.2, 0.25) is 10.0 Å². The zero-order chi connectivity index (χ0) is 13.2. The zero-order valence-electron chi connectivity index (χ0n) is 10.8. The molecule has 1 aromatic heterocycles. The van der Waals surface area contributed by atoms with Crippen LogP contribution in [-0.4, -0.2) is 49.7 Å². The highest BCUT2D eigenvalue weighted by molar-refractivity contribution is 7.89. The van der Waals surface area contributed by atoms with Crippen LogP contribution in [0.2, 0.25) is 0 Å². The van der Waals surface area contributed by atoms with Crippen molar-refractivity contribution in [3.05, 3.63) is 12.4 Å². The molecule has 0 aromatic carbocycles. The van der Waals surface area contributed by atoms with E-state index in [0.717, 1.165) is 19.4 Å². The lowest BCUT2D eigenvalue weighted by atomic mass is 10.4. The number of likely N-dealkylation sites (N-methyl/N-ethyl adjacent to an activating group) is 1. The molecule has 1 fully saturated rings. The number of hydrogen-bond donors (Lipinski definition) is 1. The molecule has 0 radical (unpaired) electrons. The maximum atomic E-state index is 12.2. The van der Waals surface area contributed by atoms with Crippen LogP contribution in [0.3, 0.4) is 0 Å². The van der Waals surface area contributed by atoms with Crippen molar-refractivity contribution in [2.24, 2.45) is 5.92 Å². The fraction of sp³-hybridized carbons (Fsp3) is 0.727. The Hall–Kier alpha value is -0.920. The number of hydrogen-bond acceptors (Lipinski definition) is 4. The van der Waals surface area contributed by atoms with E-state index in [1.807, 2.05) is 7.05 Å². The molecule has 7 heteroatoms. The highest BCUT2D eigenvalue weighted by atomic mass is 32.2. The Morgan fingerprint density at radius 1 is 1.56 bits per heavy atom. The predicted octanol–water partition coefficient (Wildman–Crippen LogP) is 0.133. The van der Waals surface area contributed by atoms with Gasteiger partial charge in [-0.1, -0.05) is 0 Å². The topological polar surface area (TPSA) is 67.2 Å². The molecule has 0 saturated heterocycles. The van der Waals surface area contributed by atoms with Crippen molar-refractivity contribution in [2.45, 2.75) is 24.3 Å². The maximum absolute atomic E-state index is 12.2. The van der Waals surface area contributed by atoms with Crippen LogP contribution >= 0.6 is 0 Å². The van der Waals surface area contributed by atoms with Gasteiger partial charge in [0.15, 0.2) is 0 Å². The van der Waals surface area contributed by atoms with E-state index in [0.29, 0.717) is 19.0 Å². The van der Waals surface area contributed by atoms with Gasteiger partial charge in [-0.05, 0) is 25.8 Å². The molecule has 0 bridgehead atoms. The minimum Gasteiger partial charge on any atom is -0.318 e. The van der Waals surface area contributed by atoms with Gasteiger partial charge in [0, 0.05) is 26.3 Å². The van der Waals surface area contributed by atoms with Gasteiger partial charge in [-0.15, -0.1) is 0 Å². The minimum absolute atomic E-state index is 0.279. The second kappa shape index (κ2) is 5.38. The molecule has 1 aromatic rings. The first-order valence-corrected chi connectivity index (χ1v) is 7.61. The average Bonchev–Trinajstić information content (AvgIpc) is 3.01. The molecule has 1 aliphatic rings. The van der Waals surface area contributed by atoms with Crippen molar-refractivity contribution in [2.75, 3.05) is 27.2 Å². The summed E-state index contributed by atoms with van der Waals surface area (Å²) < 4.78 is 27.6. The normalized spacial score (nSPS) is 16.4. The van der Waals surface area contributed by atoms with E-state index in [1.54, 1.807) is 17.9 Å². The summed E-state index contributed by atoms with van der Waals surface area (Å²) in [7, 11) is 0.121. The van der Waals surface area contributed by atoms with Gasteiger partial charge in [0.25, 0.3) is 0 Å². The summed E-state index contributed by atoms with van der Waals surface area (Å²) >= 11 is 0. The van der Waals surface area contributed by atoms with E-state index in [1.165, 1.54) is 10.5 Å². The number of sulfonamides is 1. The van der Waals surface area contributed by atoms with E-state index < -0.39 is 10.0 Å². The second-order valence-electron chi connectivity index (χ2n) is 4.77. The summed E-state index contributed by atoms with van der Waals surface area (Å²) in [5.41, 5.74) is 0. The first-order chi connectivity index (χ1) is 8.54. The van der Waals surface area contributed by atoms with E-state index in [-0.39, 0.29) is 4.90 Å². The van der Waals surface area contributed by atoms with Crippen molar-refractivity contribution < 1.29 is 8.42 Å². The average molecular weight is 272 g/mol. The zero-order valence-corrected chi connectivity index (χ0v) is 11.7. The summed E-state index contributed by atoms with van der Waals surface area (Å²) in [6.07, 6.45) is 5.30. The Morgan fingerprint density at radius 3 is 2.89 bits per heavy atom. The second-order valence-corrected chi connectivity index (χ2v) is 6.82. The van der Waals surface area contributed by atoms with Crippen LogP contribution in [-0.2, 0) is 16.6 Å². The predicted molar refractivity (Wildman–Crippen MR) is 68.7 cm³/mol. The molecule has 1 saturated carbocycles. The number of rotatable bonds is 7. The number of aromatic nitrogens is 2. The number of nitrogens with one attached hydrogen (secondary N) is 1. The molecule has 0 aliphatic heterocycles. The lowest BCUT2D eigenvalue weighted by Gasteiger charge is -2.15. The Balaban J connectivity index is 2.05. The third-order valence-electron chi connectivity index (χ3n) is 3.12. The highest BCUT2D eigenvalue weighted by Gasteiger charge is 2.29. The Labute approximate surface area is 108 Å². The van der Waals surface area contributed by atoms with Crippen LogP contribution in [0.15, 0.2) is 17.3 Å². The van der Waals surface area contributed by atoms with Crippen LogP contribution in [0, 0.1) is 5.92 Å². The van der Waals surface area contributed by atoms with Crippen molar-refractivity contribution in [3.8, 4) is 0 Å². The van der Waals surface area contributed by atoms with Crippen LogP contribution < -0.4 is 5.32 Å². The third kappa shape index (κ3) is 3.09. The monoisotopic (exact) mass is 272 g/mol. The fourth-order valence-corrected chi connectivity index (χ4v) is 2.97. The molecule has 1 N–H and O–H groups in total. The Morgan fingerprint density at radius 2 is 2.28 bits per heavy atom. The molecule has 6 nitrogen and oxygen atoms in total. The van der Waals surface area contributed by atoms with Gasteiger partial charge in [-0.25, -0.2) is 12.7 Å². The summed E-state index contributed by atoms with van der Waals surface area (Å²) in [4.78, 5) is 0.279. The van der Waals surface area contributed by atoms with Gasteiger partial charge < -0.3 is 5.32 Å². The maximum Gasteiger partial charge on any atom is 0.245 e. The van der Waals surface area contributed by atoms with Crippen molar-refractivity contribution in [1.29, 1.82) is 0 Å². The first kappa shape index (κ1) is 13.5. The summed E-state index contributed by atoms with van der Waals surface area (Å²) in [5.74, 6) is 0.545. The van der Waals surface area contributed by atoms with Gasteiger partial charge in [0.05, 0.1) is 12.7 Å². The van der Waals surface area contributed by atoms with Crippen molar-refractivity contribution in [1.82, 2.24) is 19.4 Å². The van der Waals surface area contributed by atoms with Gasteiger partial charge in [-0.2, -0.15) is 5.10 Å². The number of nitrogens with zero attached hydrogens (tertiary/aromatic N) is 3. The minimum atomic E-state index is -3.37. The lowest BCUT2D eigenvalue weighted by molar-refractivity contribution is 0.452. The molecule has 1 aliphatic carbocycles. The summed E-state index contributed by atoms with van der Waals surface area (Å²) in [5, 5.41) is 7.07. The molecule has 18 heavy (non-hydrogen) atoms. The quantitative estimate of drug-likeness (QED) is 0.766. The van der Waals surface area contributed by atoms with Crippen LogP contribution in [0.1, 0.15) is 12.8 Å². The molecule has 0 spiro atoms. The van der Waals surface area contributed by atoms with E-state index in [4.69, 9.17) is 0 Å². The Kier molecular flexibility index (Phi) is 4.04. The third-order valence-corrected chi connectivity index (χ3v) is 4.90. The summed E-state index contributed by atoms with van der Waals surface area (Å²) in [6, 6.07) is 0. The molecule has 0 unspecified atom stereocenters. The largest absolute Gasteiger partial charge is 0.318 e. The van der Waals surface area contributed by atoms with E-state index >= 15 is 0 Å². The molecule has 0 amide bonds. The molecular formula is C11H20N4O2S. The van der Waals surface area contributed by atoms with Gasteiger partial charge in [-0.3, -0.25) is 4.68 Å². The SMILES string of the molecule is CNCCn1cc(S(=O)(=O)N(C)CC2CC2)cn1. The van der Waals surface area contributed by atoms with Crippen LogP contribution in [0.5, 0.6) is 0 Å². The molecule has 102 valence electrons. The molecule has 0 atom stereocenters. The van der Waals surface area contributed by atoms with Crippen LogP contribution in [0.25, 0.3) is 0 Å². The fourth-order valence-electron chi connectivity index (χ4n) is 1.77. The Bertz CT molecular complexity index is 493. The van der Waals surface area contributed by atoms with Crippen LogP contribution in [0.4, 0.5) is 0 Å². The smallest absolute Gasteiger partial charge is 0.245 e. The standard InChI is InChI=1S/C11H20N4O2S/c1-12-5-6-15-9-11(7-13-15)18(16,17)14(2)8-10-3-4-10/h7,9-10,12H,3-6,8H2,1-2H3. The lowest BCUT2D eigenvalue weighted by Crippen LogP contribution is -2.28. The van der Waals surface area contributed by atoms with Gasteiger partial charge >= 0.3 is 0 Å². The molecular weight excluding hydrogens is 252 g/mol. The van der Waals surface area contributed by atoms with Gasteiger partial charge in [0.1, 0.15) is 4.90 Å². The summed E-state index contributed by atoms with van der Waals surface area (Å²) in [6.45, 7) is 2.04. The highest BCUT2D eigenvalue weighted by Crippen LogP contribution is 2.30. The van der Waals surface area contributed by atoms with Crippen molar-refractivity contribution in [3.63, 3.8) is 0 Å². The first-order valence-electron chi connectivity index (χ1n) is 6.17. The molecule has 2 rings (SSSR count). The van der Waals surface area contributed by atoms with E-state index in [2.05, 4.69) is 10.4 Å². The van der Waals surface area contributed by atoms with Crippen molar-refractivity contribution >= 4 is 10.0 Å². The molecule has 1 heterocycles. The van der Waals surface area contributed by atoms with E-state index in [9.17, 15) is 8.42 Å².